The molecule has 1 aliphatic carbocycles. The molecule has 0 aromatic heterocycles. The first-order chi connectivity index (χ1) is 6.30. The smallest absolute Gasteiger partial charge is 0.0333 e. The van der Waals surface area contributed by atoms with E-state index in [1.165, 1.54) is 45.2 Å². The highest BCUT2D eigenvalue weighted by molar-refractivity contribution is 5.06. The lowest BCUT2D eigenvalue weighted by atomic mass is 10.0. The van der Waals surface area contributed by atoms with Gasteiger partial charge in [-0.25, -0.2) is 0 Å². The Morgan fingerprint density at radius 1 is 1.46 bits per heavy atom. The van der Waals surface area contributed by atoms with Gasteiger partial charge in [-0.05, 0) is 38.1 Å². The summed E-state index contributed by atoms with van der Waals surface area (Å²) in [6, 6.07) is 0. The Balaban J connectivity index is 1.84. The van der Waals surface area contributed by atoms with Crippen molar-refractivity contribution in [3.8, 4) is 0 Å². The summed E-state index contributed by atoms with van der Waals surface area (Å²) in [5, 5.41) is 0. The Kier molecular flexibility index (Phi) is 2.61. The Morgan fingerprint density at radius 3 is 2.77 bits per heavy atom. The second-order valence-electron chi connectivity index (χ2n) is 4.82. The van der Waals surface area contributed by atoms with Crippen LogP contribution in [0, 0.1) is 5.92 Å². The van der Waals surface area contributed by atoms with Crippen molar-refractivity contribution in [1.29, 1.82) is 0 Å². The number of rotatable bonds is 4. The molecule has 2 aliphatic rings. The molecule has 0 aromatic rings. The molecule has 76 valence electrons. The van der Waals surface area contributed by atoms with Crippen LogP contribution >= 0.6 is 0 Å². The zero-order chi connectivity index (χ0) is 9.31. The molecule has 0 spiro atoms. The average Bonchev–Trinajstić information content (AvgIpc) is 2.82. The molecule has 2 N–H and O–H groups in total. The summed E-state index contributed by atoms with van der Waals surface area (Å²) in [6.07, 6.45) is 6.87. The van der Waals surface area contributed by atoms with Crippen LogP contribution in [0.25, 0.3) is 0 Å². The van der Waals surface area contributed by atoms with E-state index in [4.69, 9.17) is 5.73 Å². The van der Waals surface area contributed by atoms with E-state index in [1.807, 2.05) is 0 Å². The van der Waals surface area contributed by atoms with Crippen molar-refractivity contribution >= 4 is 0 Å². The van der Waals surface area contributed by atoms with Crippen LogP contribution in [-0.2, 0) is 0 Å². The summed E-state index contributed by atoms with van der Waals surface area (Å²) in [7, 11) is 0. The van der Waals surface area contributed by atoms with Gasteiger partial charge in [-0.15, -0.1) is 0 Å². The average molecular weight is 182 g/mol. The van der Waals surface area contributed by atoms with Gasteiger partial charge >= 0.3 is 0 Å². The standard InChI is InChI=1S/C11H22N2/c1-2-3-10-4-7-13(8-10)11(9-12)5-6-11/h10H,2-9,12H2,1H3. The van der Waals surface area contributed by atoms with E-state index in [0.29, 0.717) is 5.54 Å². The van der Waals surface area contributed by atoms with Gasteiger partial charge in [0.05, 0.1) is 0 Å². The molecule has 2 heteroatoms. The van der Waals surface area contributed by atoms with Gasteiger partial charge in [0, 0.05) is 18.6 Å². The zero-order valence-corrected chi connectivity index (χ0v) is 8.76. The number of hydrogen-bond donors (Lipinski definition) is 1. The monoisotopic (exact) mass is 182 g/mol. The first-order valence-corrected chi connectivity index (χ1v) is 5.76. The maximum atomic E-state index is 5.83. The fourth-order valence-corrected chi connectivity index (χ4v) is 2.70. The lowest BCUT2D eigenvalue weighted by molar-refractivity contribution is 0.217. The SMILES string of the molecule is CCCC1CCN(C2(CN)CC2)C1. The van der Waals surface area contributed by atoms with Crippen molar-refractivity contribution in [1.82, 2.24) is 4.90 Å². The second-order valence-corrected chi connectivity index (χ2v) is 4.82. The second kappa shape index (κ2) is 3.58. The maximum Gasteiger partial charge on any atom is 0.0333 e. The van der Waals surface area contributed by atoms with Gasteiger partial charge in [0.1, 0.15) is 0 Å². The molecule has 0 amide bonds. The molecular weight excluding hydrogens is 160 g/mol. The normalized spacial score (nSPS) is 32.3. The summed E-state index contributed by atoms with van der Waals surface area (Å²) in [4.78, 5) is 2.66. The van der Waals surface area contributed by atoms with Gasteiger partial charge in [-0.2, -0.15) is 0 Å². The topological polar surface area (TPSA) is 29.3 Å². The fraction of sp³-hybridized carbons (Fsp3) is 1.00. The van der Waals surface area contributed by atoms with Crippen molar-refractivity contribution < 1.29 is 0 Å². The number of nitrogens with two attached hydrogens (primary N) is 1. The van der Waals surface area contributed by atoms with Crippen molar-refractivity contribution in [2.75, 3.05) is 19.6 Å². The van der Waals surface area contributed by atoms with Gasteiger partial charge in [0.25, 0.3) is 0 Å². The summed E-state index contributed by atoms with van der Waals surface area (Å²) in [5.41, 5.74) is 6.29. The minimum absolute atomic E-state index is 0.461. The van der Waals surface area contributed by atoms with E-state index in [2.05, 4.69) is 11.8 Å². The van der Waals surface area contributed by atoms with Crippen LogP contribution in [0.1, 0.15) is 39.0 Å². The molecule has 0 bridgehead atoms. The molecule has 0 aromatic carbocycles. The molecule has 1 saturated carbocycles. The number of nitrogens with zero attached hydrogens (tertiary/aromatic N) is 1. The van der Waals surface area contributed by atoms with E-state index in [-0.39, 0.29) is 0 Å². The summed E-state index contributed by atoms with van der Waals surface area (Å²) in [6.45, 7) is 5.80. The van der Waals surface area contributed by atoms with Crippen molar-refractivity contribution in [2.24, 2.45) is 11.7 Å². The molecule has 1 atom stereocenters. The molecule has 1 aliphatic heterocycles. The fourth-order valence-electron chi connectivity index (χ4n) is 2.70. The van der Waals surface area contributed by atoms with Gasteiger partial charge in [0.15, 0.2) is 0 Å². The summed E-state index contributed by atoms with van der Waals surface area (Å²) in [5.74, 6) is 0.967. The Labute approximate surface area is 81.5 Å². The third-order valence-electron chi connectivity index (χ3n) is 3.86. The van der Waals surface area contributed by atoms with E-state index in [1.54, 1.807) is 0 Å². The quantitative estimate of drug-likeness (QED) is 0.715. The zero-order valence-electron chi connectivity index (χ0n) is 8.76. The van der Waals surface area contributed by atoms with Crippen molar-refractivity contribution in [3.05, 3.63) is 0 Å². The van der Waals surface area contributed by atoms with Gasteiger partial charge in [-0.3, -0.25) is 4.90 Å². The Bertz CT molecular complexity index is 175. The third-order valence-corrected chi connectivity index (χ3v) is 3.86. The molecule has 13 heavy (non-hydrogen) atoms. The minimum Gasteiger partial charge on any atom is -0.329 e. The van der Waals surface area contributed by atoms with Crippen LogP contribution in [0.15, 0.2) is 0 Å². The van der Waals surface area contributed by atoms with Crippen LogP contribution in [0.5, 0.6) is 0 Å². The highest BCUT2D eigenvalue weighted by atomic mass is 15.3. The largest absolute Gasteiger partial charge is 0.329 e. The Hall–Kier alpha value is -0.0800. The van der Waals surface area contributed by atoms with Gasteiger partial charge in [0.2, 0.25) is 0 Å². The summed E-state index contributed by atoms with van der Waals surface area (Å²) >= 11 is 0. The highest BCUT2D eigenvalue weighted by Crippen LogP contribution is 2.43. The summed E-state index contributed by atoms with van der Waals surface area (Å²) < 4.78 is 0. The minimum atomic E-state index is 0.461. The van der Waals surface area contributed by atoms with E-state index in [9.17, 15) is 0 Å². The first-order valence-electron chi connectivity index (χ1n) is 5.76. The van der Waals surface area contributed by atoms with Crippen LogP contribution in [-0.4, -0.2) is 30.1 Å². The molecule has 2 fully saturated rings. The van der Waals surface area contributed by atoms with Crippen LogP contribution in [0.2, 0.25) is 0 Å². The molecular formula is C11H22N2. The molecule has 2 nitrogen and oxygen atoms in total. The lowest BCUT2D eigenvalue weighted by Gasteiger charge is -2.26. The number of likely N-dealkylation sites (tertiary alicyclic amines) is 1. The van der Waals surface area contributed by atoms with Crippen LogP contribution in [0.4, 0.5) is 0 Å². The van der Waals surface area contributed by atoms with Gasteiger partial charge in [-0.1, -0.05) is 13.3 Å². The van der Waals surface area contributed by atoms with E-state index >= 15 is 0 Å². The van der Waals surface area contributed by atoms with E-state index in [0.717, 1.165) is 12.5 Å². The molecule has 1 heterocycles. The molecule has 2 rings (SSSR count). The Morgan fingerprint density at radius 2 is 2.23 bits per heavy atom. The predicted octanol–water partition coefficient (Wildman–Crippen LogP) is 1.60. The maximum absolute atomic E-state index is 5.83. The van der Waals surface area contributed by atoms with Crippen LogP contribution < -0.4 is 5.73 Å². The third kappa shape index (κ3) is 1.75. The van der Waals surface area contributed by atoms with E-state index < -0.39 is 0 Å². The predicted molar refractivity (Wildman–Crippen MR) is 55.6 cm³/mol. The highest BCUT2D eigenvalue weighted by Gasteiger charge is 2.48. The molecule has 1 saturated heterocycles. The first kappa shape index (κ1) is 9.47. The van der Waals surface area contributed by atoms with Crippen LogP contribution in [0.3, 0.4) is 0 Å². The van der Waals surface area contributed by atoms with Gasteiger partial charge < -0.3 is 5.73 Å². The lowest BCUT2D eigenvalue weighted by Crippen LogP contribution is -2.41. The van der Waals surface area contributed by atoms with Crippen molar-refractivity contribution in [2.45, 2.75) is 44.6 Å². The van der Waals surface area contributed by atoms with Crippen molar-refractivity contribution in [3.63, 3.8) is 0 Å². The molecule has 0 radical (unpaired) electrons. The number of hydrogen-bond acceptors (Lipinski definition) is 2. The molecule has 1 unspecified atom stereocenters.